The number of benzene rings is 1. The van der Waals surface area contributed by atoms with Gasteiger partial charge in [-0.15, -0.1) is 0 Å². The van der Waals surface area contributed by atoms with Gasteiger partial charge in [0.15, 0.2) is 0 Å². The van der Waals surface area contributed by atoms with Crippen LogP contribution in [0, 0.1) is 5.92 Å². The minimum absolute atomic E-state index is 0.0742. The number of nitrogens with one attached hydrogen (secondary N) is 2. The zero-order valence-electron chi connectivity index (χ0n) is 18.3. The van der Waals surface area contributed by atoms with Gasteiger partial charge in [0.2, 0.25) is 11.8 Å². The molecule has 8 heteroatoms. The predicted molar refractivity (Wildman–Crippen MR) is 116 cm³/mol. The van der Waals surface area contributed by atoms with E-state index in [4.69, 9.17) is 0 Å². The standard InChI is InChI=1S/C24H32F3N3O2/c25-24(26,27)20-11-4-5-12-21(20)29-22(31)15-30-18-9-6-10-19(30)14-17(13-18)28-23(32)16-7-2-1-3-8-16/h4-5,11-12,16-19H,1-3,6-10,13-15H2,(H,28,32)(H,29,31)/t18-,19-/m1/s1. The smallest absolute Gasteiger partial charge is 0.353 e. The Labute approximate surface area is 187 Å². The first-order chi connectivity index (χ1) is 15.3. The van der Waals surface area contributed by atoms with Crippen molar-refractivity contribution in [1.29, 1.82) is 0 Å². The van der Waals surface area contributed by atoms with Gasteiger partial charge >= 0.3 is 6.18 Å². The Balaban J connectivity index is 1.35. The zero-order valence-corrected chi connectivity index (χ0v) is 18.3. The molecule has 2 heterocycles. The molecular formula is C24H32F3N3O2. The molecule has 176 valence electrons. The molecule has 1 aromatic rings. The lowest BCUT2D eigenvalue weighted by Gasteiger charge is -2.48. The van der Waals surface area contributed by atoms with E-state index in [0.29, 0.717) is 0 Å². The fourth-order valence-corrected chi connectivity index (χ4v) is 5.73. The van der Waals surface area contributed by atoms with Crippen LogP contribution in [-0.4, -0.2) is 41.4 Å². The number of nitrogens with zero attached hydrogens (tertiary/aromatic N) is 1. The van der Waals surface area contributed by atoms with E-state index < -0.39 is 17.6 Å². The number of halogens is 3. The first kappa shape index (κ1) is 23.1. The second kappa shape index (κ2) is 9.81. The maximum atomic E-state index is 13.2. The number of fused-ring (bicyclic) bond motifs is 2. The molecule has 2 bridgehead atoms. The second-order valence-corrected chi connectivity index (χ2v) is 9.51. The first-order valence-electron chi connectivity index (χ1n) is 11.8. The number of piperidine rings is 2. The molecule has 0 spiro atoms. The fraction of sp³-hybridized carbons (Fsp3) is 0.667. The van der Waals surface area contributed by atoms with Gasteiger partial charge in [0.25, 0.3) is 0 Å². The van der Waals surface area contributed by atoms with Crippen LogP contribution in [-0.2, 0) is 15.8 Å². The summed E-state index contributed by atoms with van der Waals surface area (Å²) in [5.41, 5.74) is -1.04. The molecule has 2 aliphatic heterocycles. The molecule has 2 amide bonds. The summed E-state index contributed by atoms with van der Waals surface area (Å²) in [5.74, 6) is -0.132. The molecular weight excluding hydrogens is 419 g/mol. The summed E-state index contributed by atoms with van der Waals surface area (Å²) >= 11 is 0. The van der Waals surface area contributed by atoms with Gasteiger partial charge in [-0.3, -0.25) is 14.5 Å². The van der Waals surface area contributed by atoms with Crippen molar-refractivity contribution in [2.24, 2.45) is 5.92 Å². The van der Waals surface area contributed by atoms with E-state index in [-0.39, 0.29) is 42.2 Å². The van der Waals surface area contributed by atoms with Crippen molar-refractivity contribution in [2.45, 2.75) is 88.5 Å². The van der Waals surface area contributed by atoms with E-state index in [2.05, 4.69) is 15.5 Å². The van der Waals surface area contributed by atoms with Crippen molar-refractivity contribution >= 4 is 17.5 Å². The van der Waals surface area contributed by atoms with Gasteiger partial charge in [-0.25, -0.2) is 0 Å². The number of hydrogen-bond donors (Lipinski definition) is 2. The minimum Gasteiger partial charge on any atom is -0.353 e. The van der Waals surface area contributed by atoms with E-state index in [1.165, 1.54) is 24.6 Å². The van der Waals surface area contributed by atoms with E-state index in [0.717, 1.165) is 63.9 Å². The van der Waals surface area contributed by atoms with Gasteiger partial charge in [-0.1, -0.05) is 37.8 Å². The number of rotatable bonds is 5. The van der Waals surface area contributed by atoms with Crippen LogP contribution in [0.1, 0.15) is 69.8 Å². The van der Waals surface area contributed by atoms with Gasteiger partial charge in [-0.05, 0) is 50.7 Å². The summed E-state index contributed by atoms with van der Waals surface area (Å²) in [6.45, 7) is 0.0742. The van der Waals surface area contributed by atoms with Gasteiger partial charge in [-0.2, -0.15) is 13.2 Å². The molecule has 4 rings (SSSR count). The predicted octanol–water partition coefficient (Wildman–Crippen LogP) is 4.73. The SMILES string of the molecule is O=C(CN1[C@@H]2CCC[C@@H]1CC(NC(=O)C1CCCCC1)C2)Nc1ccccc1C(F)(F)F. The third-order valence-corrected chi connectivity index (χ3v) is 7.28. The maximum Gasteiger partial charge on any atom is 0.418 e. The molecule has 3 aliphatic rings. The van der Waals surface area contributed by atoms with Crippen molar-refractivity contribution in [3.63, 3.8) is 0 Å². The molecule has 0 aromatic heterocycles. The van der Waals surface area contributed by atoms with E-state index in [1.807, 2.05) is 0 Å². The molecule has 0 radical (unpaired) electrons. The topological polar surface area (TPSA) is 61.4 Å². The van der Waals surface area contributed by atoms with E-state index in [9.17, 15) is 22.8 Å². The summed E-state index contributed by atoms with van der Waals surface area (Å²) < 4.78 is 39.7. The zero-order chi connectivity index (χ0) is 22.7. The molecule has 32 heavy (non-hydrogen) atoms. The number of anilines is 1. The molecule has 2 N–H and O–H groups in total. The fourth-order valence-electron chi connectivity index (χ4n) is 5.73. The van der Waals surface area contributed by atoms with Gasteiger partial charge < -0.3 is 10.6 Å². The average Bonchev–Trinajstić information content (AvgIpc) is 2.74. The number of alkyl halides is 3. The lowest BCUT2D eigenvalue weighted by atomic mass is 9.81. The van der Waals surface area contributed by atoms with Crippen LogP contribution in [0.2, 0.25) is 0 Å². The Morgan fingerprint density at radius 1 is 0.938 bits per heavy atom. The summed E-state index contributed by atoms with van der Waals surface area (Å²) in [5, 5.41) is 5.73. The molecule has 1 saturated carbocycles. The van der Waals surface area contributed by atoms with Crippen LogP contribution in [0.5, 0.6) is 0 Å². The van der Waals surface area contributed by atoms with Crippen LogP contribution in [0.3, 0.4) is 0 Å². The second-order valence-electron chi connectivity index (χ2n) is 9.51. The third-order valence-electron chi connectivity index (χ3n) is 7.28. The average molecular weight is 452 g/mol. The first-order valence-corrected chi connectivity index (χ1v) is 11.8. The van der Waals surface area contributed by atoms with E-state index in [1.54, 1.807) is 0 Å². The molecule has 5 nitrogen and oxygen atoms in total. The highest BCUT2D eigenvalue weighted by atomic mass is 19.4. The highest BCUT2D eigenvalue weighted by Crippen LogP contribution is 2.36. The molecule has 0 unspecified atom stereocenters. The van der Waals surface area contributed by atoms with Crippen LogP contribution in [0.4, 0.5) is 18.9 Å². The van der Waals surface area contributed by atoms with Crippen molar-refractivity contribution in [2.75, 3.05) is 11.9 Å². The molecule has 3 fully saturated rings. The third kappa shape index (κ3) is 5.45. The highest BCUT2D eigenvalue weighted by molar-refractivity contribution is 5.93. The van der Waals surface area contributed by atoms with Crippen molar-refractivity contribution < 1.29 is 22.8 Å². The normalized spacial score (nSPS) is 27.0. The Hall–Kier alpha value is -2.09. The monoisotopic (exact) mass is 451 g/mol. The highest BCUT2D eigenvalue weighted by Gasteiger charge is 2.40. The number of hydrogen-bond acceptors (Lipinski definition) is 3. The summed E-state index contributed by atoms with van der Waals surface area (Å²) in [6.07, 6.45) is 5.42. The van der Waals surface area contributed by atoms with Crippen molar-refractivity contribution in [1.82, 2.24) is 10.2 Å². The van der Waals surface area contributed by atoms with Gasteiger partial charge in [0, 0.05) is 24.0 Å². The van der Waals surface area contributed by atoms with Crippen LogP contribution in [0.15, 0.2) is 24.3 Å². The number of carbonyl (C=O) groups is 2. The van der Waals surface area contributed by atoms with Gasteiger partial charge in [0.1, 0.15) is 0 Å². The van der Waals surface area contributed by atoms with Crippen LogP contribution >= 0.6 is 0 Å². The number of para-hydroxylation sites is 1. The minimum atomic E-state index is -4.52. The summed E-state index contributed by atoms with van der Waals surface area (Å²) in [4.78, 5) is 27.5. The Bertz CT molecular complexity index is 809. The maximum absolute atomic E-state index is 13.2. The molecule has 2 saturated heterocycles. The molecule has 2 atom stereocenters. The Kier molecular flexibility index (Phi) is 7.08. The molecule has 1 aliphatic carbocycles. The van der Waals surface area contributed by atoms with Crippen LogP contribution < -0.4 is 10.6 Å². The Morgan fingerprint density at radius 3 is 2.25 bits per heavy atom. The number of amides is 2. The van der Waals surface area contributed by atoms with Crippen molar-refractivity contribution in [3.05, 3.63) is 29.8 Å². The van der Waals surface area contributed by atoms with E-state index >= 15 is 0 Å². The van der Waals surface area contributed by atoms with Crippen LogP contribution in [0.25, 0.3) is 0 Å². The lowest BCUT2D eigenvalue weighted by molar-refractivity contribution is -0.137. The largest absolute Gasteiger partial charge is 0.418 e. The molecule has 1 aromatic carbocycles. The number of carbonyl (C=O) groups excluding carboxylic acids is 2. The summed E-state index contributed by atoms with van der Waals surface area (Å²) in [7, 11) is 0. The Morgan fingerprint density at radius 2 is 1.59 bits per heavy atom. The quantitative estimate of drug-likeness (QED) is 0.681. The van der Waals surface area contributed by atoms with Gasteiger partial charge in [0.05, 0.1) is 17.8 Å². The lowest BCUT2D eigenvalue weighted by Crippen LogP contribution is -2.58. The van der Waals surface area contributed by atoms with Crippen molar-refractivity contribution in [3.8, 4) is 0 Å². The summed E-state index contributed by atoms with van der Waals surface area (Å²) in [6, 6.07) is 5.52.